The molecule has 6 nitrogen and oxygen atoms in total. The Balaban J connectivity index is 3.94. The monoisotopic (exact) mass is 253 g/mol. The Morgan fingerprint density at radius 3 is 2.25 bits per heavy atom. The van der Waals surface area contributed by atoms with Crippen LogP contribution in [0.25, 0.3) is 0 Å². The summed E-state index contributed by atoms with van der Waals surface area (Å²) in [6, 6.07) is 0. The first kappa shape index (κ1) is 15.2. The van der Waals surface area contributed by atoms with E-state index in [1.54, 1.807) is 27.7 Å². The van der Waals surface area contributed by atoms with Gasteiger partial charge in [-0.2, -0.15) is 8.42 Å². The molecule has 0 spiro atoms. The number of hydrogen-bond acceptors (Lipinski definition) is 5. The van der Waals surface area contributed by atoms with Gasteiger partial charge in [0.05, 0.1) is 12.4 Å². The number of amides is 1. The van der Waals surface area contributed by atoms with Crippen LogP contribution in [0.4, 0.5) is 4.79 Å². The van der Waals surface area contributed by atoms with Crippen molar-refractivity contribution >= 4 is 16.2 Å². The highest BCUT2D eigenvalue weighted by atomic mass is 32.2. The van der Waals surface area contributed by atoms with Gasteiger partial charge in [-0.05, 0) is 27.7 Å². The summed E-state index contributed by atoms with van der Waals surface area (Å²) in [4.78, 5) is 11.2. The molecular weight excluding hydrogens is 234 g/mol. The van der Waals surface area contributed by atoms with Crippen LogP contribution in [0.2, 0.25) is 0 Å². The van der Waals surface area contributed by atoms with Crippen LogP contribution in [0.5, 0.6) is 0 Å². The van der Waals surface area contributed by atoms with Gasteiger partial charge in [0.2, 0.25) is 0 Å². The van der Waals surface area contributed by atoms with E-state index in [0.717, 1.165) is 6.26 Å². The molecular formula is C9H19NO5S. The van der Waals surface area contributed by atoms with Gasteiger partial charge in [0.15, 0.2) is 0 Å². The van der Waals surface area contributed by atoms with Crippen molar-refractivity contribution in [1.82, 2.24) is 5.32 Å². The maximum Gasteiger partial charge on any atom is 0.407 e. The molecule has 96 valence electrons. The third kappa shape index (κ3) is 9.72. The number of alkyl carbamates (subject to hydrolysis) is 1. The van der Waals surface area contributed by atoms with Crippen LogP contribution in [0.15, 0.2) is 0 Å². The highest BCUT2D eigenvalue weighted by Crippen LogP contribution is 2.06. The van der Waals surface area contributed by atoms with Crippen molar-refractivity contribution < 1.29 is 22.1 Å². The topological polar surface area (TPSA) is 81.7 Å². The van der Waals surface area contributed by atoms with E-state index in [-0.39, 0.29) is 6.54 Å². The molecule has 0 aromatic carbocycles. The number of carbonyl (C=O) groups excluding carboxylic acids is 1. The summed E-state index contributed by atoms with van der Waals surface area (Å²) >= 11 is 0. The Hall–Kier alpha value is -0.820. The number of rotatable bonds is 4. The van der Waals surface area contributed by atoms with E-state index in [2.05, 4.69) is 9.50 Å². The summed E-state index contributed by atoms with van der Waals surface area (Å²) in [5.74, 6) is 0. The van der Waals surface area contributed by atoms with Crippen molar-refractivity contribution in [3.05, 3.63) is 0 Å². The lowest BCUT2D eigenvalue weighted by molar-refractivity contribution is 0.0506. The lowest BCUT2D eigenvalue weighted by Crippen LogP contribution is -2.37. The molecule has 0 bridgehead atoms. The van der Waals surface area contributed by atoms with E-state index >= 15 is 0 Å². The molecule has 0 aliphatic rings. The van der Waals surface area contributed by atoms with Crippen molar-refractivity contribution in [1.29, 1.82) is 0 Å². The lowest BCUT2D eigenvalue weighted by atomic mass is 10.2. The Labute approximate surface area is 96.4 Å². The minimum absolute atomic E-state index is 0.0714. The van der Waals surface area contributed by atoms with E-state index in [1.807, 2.05) is 0 Å². The minimum atomic E-state index is -3.50. The van der Waals surface area contributed by atoms with Gasteiger partial charge in [0.25, 0.3) is 10.1 Å². The first-order chi connectivity index (χ1) is 6.99. The predicted octanol–water partition coefficient (Wildman–Crippen LogP) is 0.876. The zero-order valence-corrected chi connectivity index (χ0v) is 11.1. The van der Waals surface area contributed by atoms with Crippen LogP contribution in [-0.4, -0.2) is 39.0 Å². The summed E-state index contributed by atoms with van der Waals surface area (Å²) < 4.78 is 31.1. The second kappa shape index (κ2) is 5.49. The quantitative estimate of drug-likeness (QED) is 0.752. The van der Waals surface area contributed by atoms with E-state index in [0.29, 0.717) is 0 Å². The molecule has 0 aromatic rings. The Morgan fingerprint density at radius 2 is 1.88 bits per heavy atom. The Kier molecular flexibility index (Phi) is 5.21. The third-order valence-electron chi connectivity index (χ3n) is 1.27. The maximum atomic E-state index is 11.2. The molecule has 0 aliphatic heterocycles. The van der Waals surface area contributed by atoms with Gasteiger partial charge in [-0.15, -0.1) is 0 Å². The standard InChI is InChI=1S/C9H19NO5S/c1-7(15-16(5,12)13)6-10-8(11)14-9(2,3)4/h7H,6H2,1-5H3,(H,10,11)/t7-/m0/s1. The normalized spacial score (nSPS) is 14.3. The number of carbonyl (C=O) groups is 1. The van der Waals surface area contributed by atoms with Crippen molar-refractivity contribution in [3.63, 3.8) is 0 Å². The van der Waals surface area contributed by atoms with Gasteiger partial charge in [-0.1, -0.05) is 0 Å². The number of ether oxygens (including phenoxy) is 1. The minimum Gasteiger partial charge on any atom is -0.444 e. The average molecular weight is 253 g/mol. The summed E-state index contributed by atoms with van der Waals surface area (Å²) in [5.41, 5.74) is -0.578. The van der Waals surface area contributed by atoms with Crippen LogP contribution in [0.1, 0.15) is 27.7 Å². The molecule has 1 amide bonds. The molecule has 0 rings (SSSR count). The molecule has 0 fully saturated rings. The molecule has 0 aromatic heterocycles. The van der Waals surface area contributed by atoms with Crippen molar-refractivity contribution in [2.24, 2.45) is 0 Å². The first-order valence-electron chi connectivity index (χ1n) is 4.85. The molecule has 16 heavy (non-hydrogen) atoms. The first-order valence-corrected chi connectivity index (χ1v) is 6.66. The predicted molar refractivity (Wildman–Crippen MR) is 59.6 cm³/mol. The van der Waals surface area contributed by atoms with Crippen molar-refractivity contribution in [2.45, 2.75) is 39.4 Å². The van der Waals surface area contributed by atoms with Gasteiger partial charge >= 0.3 is 6.09 Å². The van der Waals surface area contributed by atoms with E-state index in [9.17, 15) is 13.2 Å². The van der Waals surface area contributed by atoms with Crippen LogP contribution >= 0.6 is 0 Å². The van der Waals surface area contributed by atoms with Gasteiger partial charge in [0, 0.05) is 6.54 Å². The van der Waals surface area contributed by atoms with Crippen molar-refractivity contribution in [2.75, 3.05) is 12.8 Å². The van der Waals surface area contributed by atoms with Gasteiger partial charge in [-0.3, -0.25) is 4.18 Å². The molecule has 0 radical (unpaired) electrons. The maximum absolute atomic E-state index is 11.2. The van der Waals surface area contributed by atoms with Crippen LogP contribution in [0.3, 0.4) is 0 Å². The summed E-state index contributed by atoms with van der Waals surface area (Å²) in [7, 11) is -3.50. The SMILES string of the molecule is C[C@@H](CNC(=O)OC(C)(C)C)OS(C)(=O)=O. The zero-order valence-electron chi connectivity index (χ0n) is 10.2. The largest absolute Gasteiger partial charge is 0.444 e. The smallest absolute Gasteiger partial charge is 0.407 e. The highest BCUT2D eigenvalue weighted by molar-refractivity contribution is 7.86. The summed E-state index contributed by atoms with van der Waals surface area (Å²) in [6.45, 7) is 6.83. The Bertz CT molecular complexity index is 330. The van der Waals surface area contributed by atoms with Gasteiger partial charge in [0.1, 0.15) is 5.60 Å². The molecule has 0 unspecified atom stereocenters. The van der Waals surface area contributed by atoms with Crippen molar-refractivity contribution in [3.8, 4) is 0 Å². The number of hydrogen-bond donors (Lipinski definition) is 1. The molecule has 0 saturated carbocycles. The lowest BCUT2D eigenvalue weighted by Gasteiger charge is -2.20. The fraction of sp³-hybridized carbons (Fsp3) is 0.889. The average Bonchev–Trinajstić information content (AvgIpc) is 1.94. The molecule has 0 heterocycles. The Morgan fingerprint density at radius 1 is 1.38 bits per heavy atom. The van der Waals surface area contributed by atoms with Gasteiger partial charge < -0.3 is 10.1 Å². The zero-order chi connectivity index (χ0) is 13.0. The molecule has 1 atom stereocenters. The second-order valence-corrected chi connectivity index (χ2v) is 6.09. The summed E-state index contributed by atoms with van der Waals surface area (Å²) in [5, 5.41) is 2.41. The highest BCUT2D eigenvalue weighted by Gasteiger charge is 2.17. The molecule has 1 N–H and O–H groups in total. The van der Waals surface area contributed by atoms with E-state index in [4.69, 9.17) is 4.74 Å². The second-order valence-electron chi connectivity index (χ2n) is 4.49. The van der Waals surface area contributed by atoms with E-state index < -0.39 is 27.9 Å². The fourth-order valence-corrected chi connectivity index (χ4v) is 1.54. The number of nitrogens with one attached hydrogen (secondary N) is 1. The van der Waals surface area contributed by atoms with Crippen LogP contribution in [0, 0.1) is 0 Å². The van der Waals surface area contributed by atoms with Crippen LogP contribution in [-0.2, 0) is 19.0 Å². The van der Waals surface area contributed by atoms with Gasteiger partial charge in [-0.25, -0.2) is 4.79 Å². The van der Waals surface area contributed by atoms with Crippen LogP contribution < -0.4 is 5.32 Å². The molecule has 7 heteroatoms. The van der Waals surface area contributed by atoms with E-state index in [1.165, 1.54) is 0 Å². The third-order valence-corrected chi connectivity index (χ3v) is 1.95. The summed E-state index contributed by atoms with van der Waals surface area (Å²) in [6.07, 6.45) is -0.268. The fourth-order valence-electron chi connectivity index (χ4n) is 0.874. The molecule has 0 saturated heterocycles. The molecule has 0 aliphatic carbocycles.